The Balaban J connectivity index is 1.14. The third-order valence-corrected chi connectivity index (χ3v) is 11.7. The molecule has 0 spiro atoms. The Morgan fingerprint density at radius 1 is 0.300 bits per heavy atom. The van der Waals surface area contributed by atoms with Gasteiger partial charge in [0.25, 0.3) is 0 Å². The van der Waals surface area contributed by atoms with Crippen molar-refractivity contribution in [3.05, 3.63) is 237 Å². The van der Waals surface area contributed by atoms with Gasteiger partial charge < -0.3 is 9.32 Å². The van der Waals surface area contributed by atoms with E-state index in [4.69, 9.17) is 4.42 Å². The first-order chi connectivity index (χ1) is 29.8. The fourth-order valence-corrected chi connectivity index (χ4v) is 8.86. The van der Waals surface area contributed by atoms with Crippen molar-refractivity contribution in [1.29, 1.82) is 0 Å². The van der Waals surface area contributed by atoms with Gasteiger partial charge in [-0.2, -0.15) is 0 Å². The summed E-state index contributed by atoms with van der Waals surface area (Å²) in [6, 6.07) is 85.1. The van der Waals surface area contributed by atoms with E-state index in [1.54, 1.807) is 0 Å². The zero-order chi connectivity index (χ0) is 39.8. The molecule has 0 saturated heterocycles. The van der Waals surface area contributed by atoms with Crippen LogP contribution in [0.5, 0.6) is 0 Å². The maximum absolute atomic E-state index is 6.30. The molecule has 60 heavy (non-hydrogen) atoms. The monoisotopic (exact) mass is 765 g/mol. The molecule has 11 aromatic rings. The van der Waals surface area contributed by atoms with Gasteiger partial charge >= 0.3 is 0 Å². The minimum absolute atomic E-state index is 0.893. The van der Waals surface area contributed by atoms with Crippen molar-refractivity contribution in [2.45, 2.75) is 0 Å². The van der Waals surface area contributed by atoms with Crippen LogP contribution in [0.25, 0.3) is 88.3 Å². The first-order valence-electron chi connectivity index (χ1n) is 20.5. The molecule has 0 fully saturated rings. The molecule has 0 aliphatic heterocycles. The topological polar surface area (TPSA) is 16.4 Å². The largest absolute Gasteiger partial charge is 0.456 e. The lowest BCUT2D eigenvalue weighted by Gasteiger charge is -2.30. The molecule has 10 aromatic carbocycles. The summed E-state index contributed by atoms with van der Waals surface area (Å²) in [5.41, 5.74) is 16.7. The second-order valence-electron chi connectivity index (χ2n) is 15.2. The van der Waals surface area contributed by atoms with E-state index in [-0.39, 0.29) is 0 Å². The highest BCUT2D eigenvalue weighted by molar-refractivity contribution is 6.12. The lowest BCUT2D eigenvalue weighted by molar-refractivity contribution is 0.669. The smallest absolute Gasteiger partial charge is 0.136 e. The van der Waals surface area contributed by atoms with E-state index in [2.05, 4.69) is 229 Å². The van der Waals surface area contributed by atoms with Crippen molar-refractivity contribution in [1.82, 2.24) is 0 Å². The predicted molar refractivity (Wildman–Crippen MR) is 253 cm³/mol. The molecule has 2 heteroatoms. The molecule has 282 valence electrons. The molecular formula is C58H39NO. The van der Waals surface area contributed by atoms with Crippen LogP contribution in [0.15, 0.2) is 241 Å². The summed E-state index contributed by atoms with van der Waals surface area (Å²) in [6.45, 7) is 0. The minimum Gasteiger partial charge on any atom is -0.456 e. The Hall–Kier alpha value is -7.94. The van der Waals surface area contributed by atoms with Crippen molar-refractivity contribution < 1.29 is 4.42 Å². The highest BCUT2D eigenvalue weighted by atomic mass is 16.3. The molecule has 1 aromatic heterocycles. The van der Waals surface area contributed by atoms with E-state index in [0.717, 1.165) is 66.8 Å². The van der Waals surface area contributed by atoms with E-state index < -0.39 is 0 Å². The Labute approximate surface area is 349 Å². The quantitative estimate of drug-likeness (QED) is 0.153. The number of rotatable bonds is 8. The Morgan fingerprint density at radius 3 is 1.67 bits per heavy atom. The fourth-order valence-electron chi connectivity index (χ4n) is 8.86. The molecule has 1 heterocycles. The van der Waals surface area contributed by atoms with Crippen molar-refractivity contribution in [2.75, 3.05) is 4.90 Å². The van der Waals surface area contributed by atoms with Gasteiger partial charge in [0.05, 0.1) is 5.69 Å². The van der Waals surface area contributed by atoms with Gasteiger partial charge in [0.1, 0.15) is 11.2 Å². The lowest BCUT2D eigenvalue weighted by atomic mass is 9.87. The molecular weight excluding hydrogens is 727 g/mol. The van der Waals surface area contributed by atoms with Gasteiger partial charge in [-0.15, -0.1) is 0 Å². The van der Waals surface area contributed by atoms with Gasteiger partial charge in [-0.1, -0.05) is 188 Å². The van der Waals surface area contributed by atoms with Crippen LogP contribution in [0.2, 0.25) is 0 Å². The normalized spacial score (nSPS) is 11.3. The maximum Gasteiger partial charge on any atom is 0.136 e. The van der Waals surface area contributed by atoms with Gasteiger partial charge in [-0.05, 0) is 109 Å². The van der Waals surface area contributed by atoms with Gasteiger partial charge in [0.2, 0.25) is 0 Å². The SMILES string of the molecule is c1ccc(-c2ccccc2-c2c(-c3ccccc3)cccc2N(c2ccc(-c3cccc4oc5ccccc5c34)cc2)c2cccc(-c3ccc4ccccc4c3)c2)cc1. The molecule has 0 aliphatic rings. The predicted octanol–water partition coefficient (Wildman–Crippen LogP) is 16.5. The number of hydrogen-bond acceptors (Lipinski definition) is 2. The van der Waals surface area contributed by atoms with E-state index >= 15 is 0 Å². The van der Waals surface area contributed by atoms with Crippen LogP contribution in [-0.2, 0) is 0 Å². The number of nitrogens with zero attached hydrogens (tertiary/aromatic N) is 1. The van der Waals surface area contributed by atoms with Crippen LogP contribution in [0.3, 0.4) is 0 Å². The molecule has 2 nitrogen and oxygen atoms in total. The first kappa shape index (κ1) is 35.2. The first-order valence-corrected chi connectivity index (χ1v) is 20.5. The molecule has 0 radical (unpaired) electrons. The van der Waals surface area contributed by atoms with Crippen LogP contribution in [0.1, 0.15) is 0 Å². The van der Waals surface area contributed by atoms with Crippen LogP contribution >= 0.6 is 0 Å². The number of anilines is 3. The zero-order valence-corrected chi connectivity index (χ0v) is 32.9. The summed E-state index contributed by atoms with van der Waals surface area (Å²) < 4.78 is 6.30. The number of hydrogen-bond donors (Lipinski definition) is 0. The van der Waals surface area contributed by atoms with Gasteiger partial charge in [0.15, 0.2) is 0 Å². The number of benzene rings is 10. The van der Waals surface area contributed by atoms with Crippen molar-refractivity contribution >= 4 is 49.8 Å². The molecule has 11 rings (SSSR count). The maximum atomic E-state index is 6.30. The standard InChI is InChI=1S/C58H39NO/c1-3-17-41(18-4-1)49-24-9-10-25-52(49)57-50(42-19-5-2-6-20-42)27-14-29-54(57)59(48-23-13-22-45(39-48)46-33-32-40-16-7-8-21-44(40)38-46)47-36-34-43(35-37-47)51-28-15-31-56-58(51)53-26-11-12-30-55(53)60-56/h1-39H. The van der Waals surface area contributed by atoms with Crippen molar-refractivity contribution in [3.8, 4) is 55.6 Å². The van der Waals surface area contributed by atoms with Crippen molar-refractivity contribution in [2.24, 2.45) is 0 Å². The third kappa shape index (κ3) is 6.32. The van der Waals surface area contributed by atoms with E-state index in [0.29, 0.717) is 0 Å². The molecule has 0 N–H and O–H groups in total. The summed E-state index contributed by atoms with van der Waals surface area (Å²) in [7, 11) is 0. The number of fused-ring (bicyclic) bond motifs is 4. The fraction of sp³-hybridized carbons (Fsp3) is 0. The number of furan rings is 1. The molecule has 0 aliphatic carbocycles. The summed E-state index contributed by atoms with van der Waals surface area (Å²) in [5, 5.41) is 4.72. The summed E-state index contributed by atoms with van der Waals surface area (Å²) in [4.78, 5) is 2.44. The highest BCUT2D eigenvalue weighted by Gasteiger charge is 2.23. The zero-order valence-electron chi connectivity index (χ0n) is 32.9. The number of para-hydroxylation sites is 1. The average Bonchev–Trinajstić information content (AvgIpc) is 3.72. The third-order valence-electron chi connectivity index (χ3n) is 11.7. The van der Waals surface area contributed by atoms with E-state index in [1.807, 2.05) is 12.1 Å². The molecule has 0 atom stereocenters. The van der Waals surface area contributed by atoms with Gasteiger partial charge in [-0.3, -0.25) is 0 Å². The Bertz CT molecular complexity index is 3310. The van der Waals surface area contributed by atoms with Crippen molar-refractivity contribution in [3.63, 3.8) is 0 Å². The minimum atomic E-state index is 0.893. The Morgan fingerprint density at radius 2 is 0.850 bits per heavy atom. The molecule has 0 unspecified atom stereocenters. The second kappa shape index (κ2) is 15.1. The van der Waals surface area contributed by atoms with Gasteiger partial charge in [0, 0.05) is 27.7 Å². The van der Waals surface area contributed by atoms with Crippen LogP contribution < -0.4 is 4.90 Å². The Kier molecular flexibility index (Phi) is 8.87. The lowest BCUT2D eigenvalue weighted by Crippen LogP contribution is -2.12. The highest BCUT2D eigenvalue weighted by Crippen LogP contribution is 2.49. The van der Waals surface area contributed by atoms with E-state index in [1.165, 1.54) is 38.6 Å². The summed E-state index contributed by atoms with van der Waals surface area (Å²) in [5.74, 6) is 0. The summed E-state index contributed by atoms with van der Waals surface area (Å²) in [6.07, 6.45) is 0. The molecule has 0 saturated carbocycles. The summed E-state index contributed by atoms with van der Waals surface area (Å²) >= 11 is 0. The molecule has 0 amide bonds. The molecule has 0 bridgehead atoms. The van der Waals surface area contributed by atoms with Crippen LogP contribution in [0, 0.1) is 0 Å². The van der Waals surface area contributed by atoms with E-state index in [9.17, 15) is 0 Å². The van der Waals surface area contributed by atoms with Gasteiger partial charge in [-0.25, -0.2) is 0 Å². The van der Waals surface area contributed by atoms with Crippen LogP contribution in [0.4, 0.5) is 17.1 Å². The second-order valence-corrected chi connectivity index (χ2v) is 15.2. The average molecular weight is 766 g/mol. The van der Waals surface area contributed by atoms with Crippen LogP contribution in [-0.4, -0.2) is 0 Å².